The van der Waals surface area contributed by atoms with Crippen molar-refractivity contribution in [2.45, 2.75) is 12.5 Å². The molecule has 0 radical (unpaired) electrons. The zero-order chi connectivity index (χ0) is 12.7. The Hall–Kier alpha value is -1.88. The molecular formula is C12H16N2O3. The molecule has 1 aromatic carbocycles. The highest BCUT2D eigenvalue weighted by Gasteiger charge is 2.16. The maximum Gasteiger partial charge on any atom is 0.322 e. The first-order valence-corrected chi connectivity index (χ1v) is 5.34. The second kappa shape index (κ2) is 6.65. The lowest BCUT2D eigenvalue weighted by molar-refractivity contribution is -0.138. The summed E-state index contributed by atoms with van der Waals surface area (Å²) in [6.07, 6.45) is 0.531. The van der Waals surface area contributed by atoms with Crippen LogP contribution in [0.2, 0.25) is 0 Å². The first-order valence-electron chi connectivity index (χ1n) is 5.34. The molecule has 1 unspecified atom stereocenters. The topological polar surface area (TPSA) is 78.4 Å². The molecule has 5 heteroatoms. The maximum absolute atomic E-state index is 11.6. The lowest BCUT2D eigenvalue weighted by Gasteiger charge is -2.15. The number of nitrogens with one attached hydrogen (secondary N) is 2. The number of likely N-dealkylation sites (N-methyl/N-ethyl adjacent to an activating group) is 1. The Balaban J connectivity index is 2.53. The highest BCUT2D eigenvalue weighted by molar-refractivity contribution is 5.85. The molecule has 92 valence electrons. The van der Waals surface area contributed by atoms with E-state index in [4.69, 9.17) is 5.11 Å². The van der Waals surface area contributed by atoms with E-state index in [1.807, 2.05) is 30.3 Å². The minimum Gasteiger partial charge on any atom is -0.480 e. The second-order valence-electron chi connectivity index (χ2n) is 3.64. The van der Waals surface area contributed by atoms with Crippen molar-refractivity contribution in [3.05, 3.63) is 35.9 Å². The van der Waals surface area contributed by atoms with Crippen molar-refractivity contribution >= 4 is 11.9 Å². The normalized spacial score (nSPS) is 11.8. The fourth-order valence-corrected chi connectivity index (χ4v) is 1.46. The van der Waals surface area contributed by atoms with Gasteiger partial charge >= 0.3 is 5.97 Å². The molecular weight excluding hydrogens is 220 g/mol. The van der Waals surface area contributed by atoms with Gasteiger partial charge in [-0.3, -0.25) is 9.59 Å². The summed E-state index contributed by atoms with van der Waals surface area (Å²) in [6.45, 7) is -0.355. The number of carboxylic acid groups (broad SMARTS) is 1. The molecule has 0 spiro atoms. The molecule has 5 nitrogen and oxygen atoms in total. The van der Waals surface area contributed by atoms with Crippen LogP contribution in [0.15, 0.2) is 30.3 Å². The van der Waals surface area contributed by atoms with Crippen molar-refractivity contribution in [2.24, 2.45) is 0 Å². The summed E-state index contributed by atoms with van der Waals surface area (Å²) >= 11 is 0. The zero-order valence-electron chi connectivity index (χ0n) is 9.64. The van der Waals surface area contributed by atoms with E-state index in [2.05, 4.69) is 10.6 Å². The predicted molar refractivity (Wildman–Crippen MR) is 63.6 cm³/mol. The van der Waals surface area contributed by atoms with Crippen molar-refractivity contribution < 1.29 is 14.7 Å². The van der Waals surface area contributed by atoms with Crippen LogP contribution in [0.4, 0.5) is 0 Å². The van der Waals surface area contributed by atoms with Crippen LogP contribution in [0.3, 0.4) is 0 Å². The largest absolute Gasteiger partial charge is 0.480 e. The molecule has 1 atom stereocenters. The van der Waals surface area contributed by atoms with Gasteiger partial charge in [0.2, 0.25) is 5.91 Å². The van der Waals surface area contributed by atoms with Gasteiger partial charge in [0, 0.05) is 0 Å². The highest BCUT2D eigenvalue weighted by Crippen LogP contribution is 2.02. The Labute approximate surface area is 99.8 Å². The van der Waals surface area contributed by atoms with Gasteiger partial charge in [-0.1, -0.05) is 30.3 Å². The van der Waals surface area contributed by atoms with Crippen LogP contribution < -0.4 is 10.6 Å². The van der Waals surface area contributed by atoms with Crippen molar-refractivity contribution in [1.82, 2.24) is 10.6 Å². The Kier molecular flexibility index (Phi) is 5.16. The van der Waals surface area contributed by atoms with Gasteiger partial charge in [-0.15, -0.1) is 0 Å². The number of carboxylic acids is 1. The molecule has 17 heavy (non-hydrogen) atoms. The van der Waals surface area contributed by atoms with E-state index in [0.717, 1.165) is 5.56 Å². The van der Waals surface area contributed by atoms with Gasteiger partial charge in [0.1, 0.15) is 6.54 Å². The number of aliphatic carboxylic acids is 1. The van der Waals surface area contributed by atoms with E-state index in [1.54, 1.807) is 7.05 Å². The van der Waals surface area contributed by atoms with Crippen molar-refractivity contribution in [3.8, 4) is 0 Å². The summed E-state index contributed by atoms with van der Waals surface area (Å²) in [4.78, 5) is 22.0. The number of carbonyl (C=O) groups excluding carboxylic acids is 1. The van der Waals surface area contributed by atoms with Gasteiger partial charge in [0.25, 0.3) is 0 Å². The summed E-state index contributed by atoms with van der Waals surface area (Å²) in [5.41, 5.74) is 1.03. The molecule has 1 amide bonds. The number of rotatable bonds is 6. The molecule has 0 aliphatic carbocycles. The first-order chi connectivity index (χ1) is 8.13. The fourth-order valence-electron chi connectivity index (χ4n) is 1.46. The predicted octanol–water partition coefficient (Wildman–Crippen LogP) is 0.0179. The number of amides is 1. The minimum atomic E-state index is -1.05. The number of benzene rings is 1. The lowest BCUT2D eigenvalue weighted by atomic mass is 10.1. The molecule has 0 aliphatic heterocycles. The zero-order valence-corrected chi connectivity index (χ0v) is 9.64. The molecule has 0 aliphatic rings. The van der Waals surface area contributed by atoms with Crippen LogP contribution in [0, 0.1) is 0 Å². The lowest BCUT2D eigenvalue weighted by Crippen LogP contribution is -2.45. The summed E-state index contributed by atoms with van der Waals surface area (Å²) in [5.74, 6) is -1.35. The summed E-state index contributed by atoms with van der Waals surface area (Å²) in [6, 6.07) is 9.14. The van der Waals surface area contributed by atoms with E-state index < -0.39 is 12.0 Å². The Morgan fingerprint density at radius 2 is 1.94 bits per heavy atom. The van der Waals surface area contributed by atoms with Crippen LogP contribution in [0.25, 0.3) is 0 Å². The number of hydrogen-bond acceptors (Lipinski definition) is 3. The van der Waals surface area contributed by atoms with Gasteiger partial charge in [0.05, 0.1) is 6.04 Å². The van der Waals surface area contributed by atoms with Gasteiger partial charge in [-0.2, -0.15) is 0 Å². The van der Waals surface area contributed by atoms with Gasteiger partial charge in [0.15, 0.2) is 0 Å². The van der Waals surface area contributed by atoms with E-state index in [-0.39, 0.29) is 12.5 Å². The standard InChI is InChI=1S/C12H16N2O3/c1-13-10(12(17)14-8-11(15)16)7-9-5-3-2-4-6-9/h2-6,10,13H,7-8H2,1H3,(H,14,17)(H,15,16). The van der Waals surface area contributed by atoms with Gasteiger partial charge in [-0.25, -0.2) is 0 Å². The summed E-state index contributed by atoms with van der Waals surface area (Å²) < 4.78 is 0. The third-order valence-corrected chi connectivity index (χ3v) is 2.36. The third-order valence-electron chi connectivity index (χ3n) is 2.36. The molecule has 3 N–H and O–H groups in total. The molecule has 0 fully saturated rings. The van der Waals surface area contributed by atoms with Crippen molar-refractivity contribution in [1.29, 1.82) is 0 Å². The van der Waals surface area contributed by atoms with E-state index in [9.17, 15) is 9.59 Å². The Bertz CT molecular complexity index is 379. The monoisotopic (exact) mass is 236 g/mol. The van der Waals surface area contributed by atoms with Gasteiger partial charge in [-0.05, 0) is 19.0 Å². The summed E-state index contributed by atoms with van der Waals surface area (Å²) in [5, 5.41) is 13.7. The summed E-state index contributed by atoms with van der Waals surface area (Å²) in [7, 11) is 1.67. The molecule has 0 bridgehead atoms. The smallest absolute Gasteiger partial charge is 0.322 e. The van der Waals surface area contributed by atoms with E-state index in [0.29, 0.717) is 6.42 Å². The molecule has 0 saturated heterocycles. The Morgan fingerprint density at radius 3 is 2.47 bits per heavy atom. The van der Waals surface area contributed by atoms with E-state index in [1.165, 1.54) is 0 Å². The Morgan fingerprint density at radius 1 is 1.29 bits per heavy atom. The molecule has 0 heterocycles. The molecule has 0 saturated carbocycles. The van der Waals surface area contributed by atoms with Crippen LogP contribution in [0.5, 0.6) is 0 Å². The van der Waals surface area contributed by atoms with Crippen LogP contribution in [-0.2, 0) is 16.0 Å². The highest BCUT2D eigenvalue weighted by atomic mass is 16.4. The minimum absolute atomic E-state index is 0.307. The molecule has 0 aromatic heterocycles. The third kappa shape index (κ3) is 4.65. The maximum atomic E-state index is 11.6. The van der Waals surface area contributed by atoms with Crippen LogP contribution in [-0.4, -0.2) is 36.6 Å². The number of hydrogen-bond donors (Lipinski definition) is 3. The number of carbonyl (C=O) groups is 2. The molecule has 1 aromatic rings. The second-order valence-corrected chi connectivity index (χ2v) is 3.64. The van der Waals surface area contributed by atoms with Crippen LogP contribution in [0.1, 0.15) is 5.56 Å². The van der Waals surface area contributed by atoms with Crippen molar-refractivity contribution in [2.75, 3.05) is 13.6 Å². The SMILES string of the molecule is CNC(Cc1ccccc1)C(=O)NCC(=O)O. The van der Waals surface area contributed by atoms with Crippen molar-refractivity contribution in [3.63, 3.8) is 0 Å². The first kappa shape index (κ1) is 13.2. The van der Waals surface area contributed by atoms with Crippen LogP contribution >= 0.6 is 0 Å². The molecule has 1 rings (SSSR count). The van der Waals surface area contributed by atoms with E-state index >= 15 is 0 Å². The average molecular weight is 236 g/mol. The quantitative estimate of drug-likeness (QED) is 0.650. The van der Waals surface area contributed by atoms with Gasteiger partial charge < -0.3 is 15.7 Å². The fraction of sp³-hybridized carbons (Fsp3) is 0.333. The average Bonchev–Trinajstić information content (AvgIpc) is 2.34.